The first kappa shape index (κ1) is 16.1. The van der Waals surface area contributed by atoms with Crippen LogP contribution < -0.4 is 9.47 Å². The molecular formula is C16H13F3N2O3. The summed E-state index contributed by atoms with van der Waals surface area (Å²) in [6.07, 6.45) is -2.24. The minimum Gasteiger partial charge on any atom is -0.439 e. The maximum Gasteiger partial charge on any atom is 0.573 e. The zero-order chi connectivity index (χ0) is 17.2. The number of rotatable bonds is 5. The van der Waals surface area contributed by atoms with Crippen LogP contribution in [-0.4, -0.2) is 35.7 Å². The lowest BCUT2D eigenvalue weighted by molar-refractivity contribution is -0.274. The summed E-state index contributed by atoms with van der Waals surface area (Å²) >= 11 is 0. The fraction of sp³-hybridized carbons (Fsp3) is 0.250. The van der Waals surface area contributed by atoms with E-state index >= 15 is 0 Å². The van der Waals surface area contributed by atoms with Crippen LogP contribution in [-0.2, 0) is 4.79 Å². The highest BCUT2D eigenvalue weighted by Crippen LogP contribution is 2.29. The van der Waals surface area contributed by atoms with Crippen molar-refractivity contribution in [2.24, 2.45) is 0 Å². The number of nitrogens with zero attached hydrogens (tertiary/aromatic N) is 2. The molecular weight excluding hydrogens is 325 g/mol. The van der Waals surface area contributed by atoms with E-state index in [1.807, 2.05) is 6.07 Å². The molecule has 2 aromatic rings. The van der Waals surface area contributed by atoms with Crippen LogP contribution >= 0.6 is 0 Å². The molecule has 0 aliphatic carbocycles. The average molecular weight is 338 g/mol. The summed E-state index contributed by atoms with van der Waals surface area (Å²) in [4.78, 5) is 16.4. The zero-order valence-electron chi connectivity index (χ0n) is 12.4. The van der Waals surface area contributed by atoms with E-state index in [0.717, 1.165) is 12.0 Å². The largest absolute Gasteiger partial charge is 0.573 e. The minimum absolute atomic E-state index is 0.274. The van der Waals surface area contributed by atoms with E-state index in [4.69, 9.17) is 4.74 Å². The first-order valence-electron chi connectivity index (χ1n) is 7.12. The van der Waals surface area contributed by atoms with Crippen molar-refractivity contribution in [3.8, 4) is 17.4 Å². The van der Waals surface area contributed by atoms with Crippen LogP contribution in [0.15, 0.2) is 42.6 Å². The van der Waals surface area contributed by atoms with Crippen molar-refractivity contribution in [1.82, 2.24) is 9.88 Å². The SMILES string of the molecule is O=CN1CC(c2ccc(Oc3ccc(OC(F)(F)F)cc3)nc2)C1. The van der Waals surface area contributed by atoms with Gasteiger partial charge in [-0.3, -0.25) is 4.79 Å². The standard InChI is InChI=1S/C16H13F3N2O3/c17-16(18,19)24-14-4-2-13(3-5-14)23-15-6-1-11(7-20-15)12-8-21(9-12)10-22/h1-7,10,12H,8-9H2. The Kier molecular flexibility index (Phi) is 4.28. The summed E-state index contributed by atoms with van der Waals surface area (Å²) in [7, 11) is 0. The van der Waals surface area contributed by atoms with Crippen molar-refractivity contribution in [3.63, 3.8) is 0 Å². The minimum atomic E-state index is -4.72. The van der Waals surface area contributed by atoms with E-state index < -0.39 is 6.36 Å². The second-order valence-electron chi connectivity index (χ2n) is 5.31. The fourth-order valence-electron chi connectivity index (χ4n) is 2.33. The van der Waals surface area contributed by atoms with E-state index in [9.17, 15) is 18.0 Å². The van der Waals surface area contributed by atoms with Gasteiger partial charge in [0.1, 0.15) is 11.5 Å². The zero-order valence-corrected chi connectivity index (χ0v) is 12.4. The summed E-state index contributed by atoms with van der Waals surface area (Å²) in [5, 5.41) is 0. The third kappa shape index (κ3) is 3.95. The highest BCUT2D eigenvalue weighted by molar-refractivity contribution is 5.50. The Bertz CT molecular complexity index is 696. The van der Waals surface area contributed by atoms with Gasteiger partial charge in [-0.2, -0.15) is 0 Å². The van der Waals surface area contributed by atoms with Crippen molar-refractivity contribution in [2.45, 2.75) is 12.3 Å². The molecule has 0 N–H and O–H groups in total. The number of amides is 1. The van der Waals surface area contributed by atoms with Crippen molar-refractivity contribution in [2.75, 3.05) is 13.1 Å². The molecule has 0 saturated carbocycles. The Morgan fingerprint density at radius 2 is 1.75 bits per heavy atom. The van der Waals surface area contributed by atoms with Gasteiger partial charge in [-0.25, -0.2) is 4.98 Å². The summed E-state index contributed by atoms with van der Waals surface area (Å²) in [6, 6.07) is 8.60. The van der Waals surface area contributed by atoms with Crippen LogP contribution in [0.3, 0.4) is 0 Å². The smallest absolute Gasteiger partial charge is 0.439 e. The third-order valence-corrected chi connectivity index (χ3v) is 3.57. The Balaban J connectivity index is 1.59. The lowest BCUT2D eigenvalue weighted by Gasteiger charge is -2.36. The second kappa shape index (κ2) is 6.38. The Morgan fingerprint density at radius 3 is 2.29 bits per heavy atom. The third-order valence-electron chi connectivity index (χ3n) is 3.57. The van der Waals surface area contributed by atoms with Crippen molar-refractivity contribution < 1.29 is 27.4 Å². The van der Waals surface area contributed by atoms with Gasteiger partial charge in [0.15, 0.2) is 0 Å². The molecule has 1 aromatic carbocycles. The van der Waals surface area contributed by atoms with Gasteiger partial charge in [-0.1, -0.05) is 6.07 Å². The quantitative estimate of drug-likeness (QED) is 0.785. The van der Waals surface area contributed by atoms with Gasteiger partial charge in [0.2, 0.25) is 12.3 Å². The van der Waals surface area contributed by atoms with Gasteiger partial charge in [0, 0.05) is 31.3 Å². The van der Waals surface area contributed by atoms with Crippen LogP contribution in [0.25, 0.3) is 0 Å². The fourth-order valence-corrected chi connectivity index (χ4v) is 2.33. The van der Waals surface area contributed by atoms with Gasteiger partial charge in [0.25, 0.3) is 0 Å². The molecule has 126 valence electrons. The summed E-state index contributed by atoms with van der Waals surface area (Å²) in [5.74, 6) is 0.633. The molecule has 0 spiro atoms. The van der Waals surface area contributed by atoms with Gasteiger partial charge < -0.3 is 14.4 Å². The molecule has 1 fully saturated rings. The molecule has 1 aromatic heterocycles. The van der Waals surface area contributed by atoms with Crippen LogP contribution in [0.1, 0.15) is 11.5 Å². The molecule has 1 aliphatic rings. The number of ether oxygens (including phenoxy) is 2. The van der Waals surface area contributed by atoms with E-state index in [-0.39, 0.29) is 11.7 Å². The van der Waals surface area contributed by atoms with E-state index in [2.05, 4.69) is 9.72 Å². The number of hydrogen-bond acceptors (Lipinski definition) is 4. The molecule has 3 rings (SSSR count). The number of alkyl halides is 3. The first-order valence-corrected chi connectivity index (χ1v) is 7.12. The monoisotopic (exact) mass is 338 g/mol. The molecule has 5 nitrogen and oxygen atoms in total. The summed E-state index contributed by atoms with van der Waals surface area (Å²) in [6.45, 7) is 1.35. The Hall–Kier alpha value is -2.77. The van der Waals surface area contributed by atoms with Crippen LogP contribution in [0.2, 0.25) is 0 Å². The molecule has 1 amide bonds. The van der Waals surface area contributed by atoms with Crippen molar-refractivity contribution >= 4 is 6.41 Å². The number of hydrogen-bond donors (Lipinski definition) is 0. The van der Waals surface area contributed by atoms with Gasteiger partial charge >= 0.3 is 6.36 Å². The number of carbonyl (C=O) groups is 1. The van der Waals surface area contributed by atoms with E-state index in [1.165, 1.54) is 24.3 Å². The number of pyridine rings is 1. The maximum atomic E-state index is 12.1. The topological polar surface area (TPSA) is 51.7 Å². The molecule has 0 atom stereocenters. The lowest BCUT2D eigenvalue weighted by atomic mass is 9.93. The lowest BCUT2D eigenvalue weighted by Crippen LogP contribution is -2.43. The van der Waals surface area contributed by atoms with Crippen molar-refractivity contribution in [1.29, 1.82) is 0 Å². The predicted molar refractivity (Wildman–Crippen MR) is 77.8 cm³/mol. The molecule has 2 heterocycles. The first-order chi connectivity index (χ1) is 11.4. The number of likely N-dealkylation sites (tertiary alicyclic amines) is 1. The molecule has 0 unspecified atom stereocenters. The number of benzene rings is 1. The number of halogens is 3. The Morgan fingerprint density at radius 1 is 1.08 bits per heavy atom. The number of aromatic nitrogens is 1. The number of carbonyl (C=O) groups excluding carboxylic acids is 1. The van der Waals surface area contributed by atoms with Gasteiger partial charge in [-0.15, -0.1) is 13.2 Å². The average Bonchev–Trinajstić information content (AvgIpc) is 2.48. The maximum absolute atomic E-state index is 12.1. The van der Waals surface area contributed by atoms with Crippen LogP contribution in [0, 0.1) is 0 Å². The molecule has 1 saturated heterocycles. The highest BCUT2D eigenvalue weighted by Gasteiger charge is 2.31. The molecule has 0 radical (unpaired) electrons. The summed E-state index contributed by atoms with van der Waals surface area (Å²) in [5.41, 5.74) is 1.01. The highest BCUT2D eigenvalue weighted by atomic mass is 19.4. The van der Waals surface area contributed by atoms with Crippen LogP contribution in [0.5, 0.6) is 17.4 Å². The molecule has 0 bridgehead atoms. The van der Waals surface area contributed by atoms with Crippen molar-refractivity contribution in [3.05, 3.63) is 48.2 Å². The molecule has 8 heteroatoms. The normalized spacial score (nSPS) is 14.9. The Labute approximate surface area is 135 Å². The van der Waals surface area contributed by atoms with E-state index in [0.29, 0.717) is 24.7 Å². The molecule has 1 aliphatic heterocycles. The summed E-state index contributed by atoms with van der Waals surface area (Å²) < 4.78 is 45.5. The van der Waals surface area contributed by atoms with Gasteiger partial charge in [-0.05, 0) is 29.8 Å². The van der Waals surface area contributed by atoms with Gasteiger partial charge in [0.05, 0.1) is 0 Å². The second-order valence-corrected chi connectivity index (χ2v) is 5.31. The molecule has 24 heavy (non-hydrogen) atoms. The van der Waals surface area contributed by atoms with E-state index in [1.54, 1.807) is 17.2 Å². The van der Waals surface area contributed by atoms with Crippen LogP contribution in [0.4, 0.5) is 13.2 Å². The predicted octanol–water partition coefficient (Wildman–Crippen LogP) is 3.33.